The summed E-state index contributed by atoms with van der Waals surface area (Å²) in [4.78, 5) is 18.7. The third-order valence-corrected chi connectivity index (χ3v) is 4.56. The van der Waals surface area contributed by atoms with Crippen LogP contribution in [0.1, 0.15) is 27.0 Å². The van der Waals surface area contributed by atoms with Crippen LogP contribution in [0.25, 0.3) is 0 Å². The van der Waals surface area contributed by atoms with E-state index in [4.69, 9.17) is 11.6 Å². The first-order chi connectivity index (χ1) is 13.0. The minimum absolute atomic E-state index is 0.0759. The van der Waals surface area contributed by atoms with Crippen molar-refractivity contribution in [1.82, 2.24) is 9.88 Å². The van der Waals surface area contributed by atoms with Crippen LogP contribution in [-0.4, -0.2) is 15.8 Å². The van der Waals surface area contributed by atoms with Gasteiger partial charge in [0.25, 0.3) is 5.91 Å². The van der Waals surface area contributed by atoms with Gasteiger partial charge in [-0.15, -0.1) is 0 Å². The minimum atomic E-state index is -1.11. The zero-order chi connectivity index (χ0) is 19.4. The van der Waals surface area contributed by atoms with Crippen LogP contribution >= 0.6 is 11.6 Å². The summed E-state index contributed by atoms with van der Waals surface area (Å²) in [6, 6.07) is 13.0. The highest BCUT2D eigenvalue weighted by Gasteiger charge is 2.22. The topological polar surface area (TPSA) is 33.2 Å². The zero-order valence-corrected chi connectivity index (χ0v) is 15.4. The van der Waals surface area contributed by atoms with Gasteiger partial charge in [0.1, 0.15) is 0 Å². The van der Waals surface area contributed by atoms with Crippen LogP contribution in [0.2, 0.25) is 5.02 Å². The molecule has 0 atom stereocenters. The number of carbonyl (C=O) groups excluding carboxylic acids is 1. The molecule has 0 fully saturated rings. The van der Waals surface area contributed by atoms with Crippen LogP contribution in [-0.2, 0) is 13.1 Å². The number of hydrogen-bond donors (Lipinski definition) is 0. The van der Waals surface area contributed by atoms with Crippen molar-refractivity contribution in [2.24, 2.45) is 0 Å². The van der Waals surface area contributed by atoms with Crippen molar-refractivity contribution in [2.45, 2.75) is 20.0 Å². The second-order valence-electron chi connectivity index (χ2n) is 6.20. The number of carbonyl (C=O) groups is 1. The largest absolute Gasteiger partial charge is 0.330 e. The lowest BCUT2D eigenvalue weighted by molar-refractivity contribution is 0.0729. The van der Waals surface area contributed by atoms with Gasteiger partial charge in [0.15, 0.2) is 11.6 Å². The summed E-state index contributed by atoms with van der Waals surface area (Å²) in [5.41, 5.74) is 2.72. The van der Waals surface area contributed by atoms with Gasteiger partial charge in [-0.25, -0.2) is 8.78 Å². The summed E-state index contributed by atoms with van der Waals surface area (Å²) in [7, 11) is 0. The SMILES string of the molecule is Cc1ccccc1CN(Cc1cccnc1)C(=O)c1cc(F)c(F)cc1Cl. The van der Waals surface area contributed by atoms with E-state index in [0.717, 1.165) is 28.8 Å². The molecule has 0 spiro atoms. The van der Waals surface area contributed by atoms with Crippen molar-refractivity contribution in [3.05, 3.63) is 99.8 Å². The fraction of sp³-hybridized carbons (Fsp3) is 0.143. The number of aryl methyl sites for hydroxylation is 1. The summed E-state index contributed by atoms with van der Waals surface area (Å²) in [5, 5.41) is -0.125. The molecule has 0 N–H and O–H groups in total. The first kappa shape index (κ1) is 19.0. The Balaban J connectivity index is 1.97. The van der Waals surface area contributed by atoms with Crippen LogP contribution in [0.3, 0.4) is 0 Å². The minimum Gasteiger partial charge on any atom is -0.330 e. The molecule has 138 valence electrons. The number of rotatable bonds is 5. The highest BCUT2D eigenvalue weighted by atomic mass is 35.5. The number of halogens is 3. The molecular weight excluding hydrogens is 370 g/mol. The molecular formula is C21H17ClF2N2O. The van der Waals surface area contributed by atoms with Gasteiger partial charge in [-0.2, -0.15) is 0 Å². The van der Waals surface area contributed by atoms with E-state index in [1.807, 2.05) is 37.3 Å². The van der Waals surface area contributed by atoms with Gasteiger partial charge in [0, 0.05) is 25.5 Å². The average molecular weight is 387 g/mol. The molecule has 1 amide bonds. The van der Waals surface area contributed by atoms with Gasteiger partial charge >= 0.3 is 0 Å². The lowest BCUT2D eigenvalue weighted by atomic mass is 10.1. The molecule has 2 aromatic carbocycles. The summed E-state index contributed by atoms with van der Waals surface area (Å²) < 4.78 is 27.1. The maximum absolute atomic E-state index is 13.7. The molecule has 3 nitrogen and oxygen atoms in total. The smallest absolute Gasteiger partial charge is 0.256 e. The first-order valence-corrected chi connectivity index (χ1v) is 8.70. The molecule has 0 aliphatic rings. The Morgan fingerprint density at radius 2 is 1.81 bits per heavy atom. The van der Waals surface area contributed by atoms with E-state index in [1.54, 1.807) is 18.5 Å². The zero-order valence-electron chi connectivity index (χ0n) is 14.6. The molecule has 0 saturated carbocycles. The Bertz CT molecular complexity index is 964. The molecule has 3 aromatic rings. The van der Waals surface area contributed by atoms with Gasteiger partial charge in [0.05, 0.1) is 10.6 Å². The van der Waals surface area contributed by atoms with E-state index in [2.05, 4.69) is 4.98 Å². The number of hydrogen-bond acceptors (Lipinski definition) is 2. The molecule has 3 rings (SSSR count). The van der Waals surface area contributed by atoms with Crippen molar-refractivity contribution in [3.63, 3.8) is 0 Å². The molecule has 6 heteroatoms. The Hall–Kier alpha value is -2.79. The van der Waals surface area contributed by atoms with Crippen LogP contribution in [0, 0.1) is 18.6 Å². The fourth-order valence-corrected chi connectivity index (χ4v) is 2.99. The van der Waals surface area contributed by atoms with Crippen molar-refractivity contribution in [3.8, 4) is 0 Å². The molecule has 0 aliphatic carbocycles. The van der Waals surface area contributed by atoms with Crippen molar-refractivity contribution >= 4 is 17.5 Å². The van der Waals surface area contributed by atoms with E-state index in [-0.39, 0.29) is 17.1 Å². The summed E-state index contributed by atoms with van der Waals surface area (Å²) >= 11 is 6.01. The highest BCUT2D eigenvalue weighted by Crippen LogP contribution is 2.24. The van der Waals surface area contributed by atoms with E-state index in [9.17, 15) is 13.6 Å². The summed E-state index contributed by atoms with van der Waals surface area (Å²) in [6.45, 7) is 2.51. The maximum atomic E-state index is 13.7. The monoisotopic (exact) mass is 386 g/mol. The van der Waals surface area contributed by atoms with Gasteiger partial charge in [-0.05, 0) is 41.8 Å². The molecule has 1 heterocycles. The van der Waals surface area contributed by atoms with Gasteiger partial charge in [-0.3, -0.25) is 9.78 Å². The van der Waals surface area contributed by atoms with Crippen molar-refractivity contribution in [2.75, 3.05) is 0 Å². The fourth-order valence-electron chi connectivity index (χ4n) is 2.76. The summed E-state index contributed by atoms with van der Waals surface area (Å²) in [5.74, 6) is -2.68. The van der Waals surface area contributed by atoms with E-state index in [1.165, 1.54) is 4.90 Å². The molecule has 0 radical (unpaired) electrons. The second kappa shape index (κ2) is 8.27. The highest BCUT2D eigenvalue weighted by molar-refractivity contribution is 6.33. The average Bonchev–Trinajstić information content (AvgIpc) is 2.66. The van der Waals surface area contributed by atoms with Crippen molar-refractivity contribution in [1.29, 1.82) is 0 Å². The third kappa shape index (κ3) is 4.49. The first-order valence-electron chi connectivity index (χ1n) is 8.33. The van der Waals surface area contributed by atoms with Gasteiger partial charge < -0.3 is 4.90 Å². The molecule has 0 aliphatic heterocycles. The van der Waals surface area contributed by atoms with Crippen LogP contribution < -0.4 is 0 Å². The van der Waals surface area contributed by atoms with E-state index < -0.39 is 17.5 Å². The Morgan fingerprint density at radius 3 is 2.52 bits per heavy atom. The summed E-state index contributed by atoms with van der Waals surface area (Å²) in [6.07, 6.45) is 3.30. The van der Waals surface area contributed by atoms with Crippen LogP contribution in [0.5, 0.6) is 0 Å². The van der Waals surface area contributed by atoms with Crippen LogP contribution in [0.15, 0.2) is 60.9 Å². The number of nitrogens with zero attached hydrogens (tertiary/aromatic N) is 2. The molecule has 0 saturated heterocycles. The number of benzene rings is 2. The lowest BCUT2D eigenvalue weighted by Gasteiger charge is -2.24. The van der Waals surface area contributed by atoms with E-state index >= 15 is 0 Å². The maximum Gasteiger partial charge on any atom is 0.256 e. The predicted octanol–water partition coefficient (Wildman–Crippen LogP) is 5.16. The lowest BCUT2D eigenvalue weighted by Crippen LogP contribution is -2.31. The molecule has 0 unspecified atom stereocenters. The van der Waals surface area contributed by atoms with Crippen molar-refractivity contribution < 1.29 is 13.6 Å². The second-order valence-corrected chi connectivity index (χ2v) is 6.60. The molecule has 0 bridgehead atoms. The van der Waals surface area contributed by atoms with Crippen LogP contribution in [0.4, 0.5) is 8.78 Å². The number of pyridine rings is 1. The molecule has 27 heavy (non-hydrogen) atoms. The Kier molecular flexibility index (Phi) is 5.81. The third-order valence-electron chi connectivity index (χ3n) is 4.25. The number of amides is 1. The van der Waals surface area contributed by atoms with Gasteiger partial charge in [-0.1, -0.05) is 41.9 Å². The van der Waals surface area contributed by atoms with Gasteiger partial charge in [0.2, 0.25) is 0 Å². The quantitative estimate of drug-likeness (QED) is 0.567. The number of aromatic nitrogens is 1. The molecule has 1 aromatic heterocycles. The normalized spacial score (nSPS) is 10.7. The standard InChI is InChI=1S/C21H17ClF2N2O/c1-14-5-2-3-7-16(14)13-26(12-15-6-4-8-25-11-15)21(27)17-9-19(23)20(24)10-18(17)22/h2-11H,12-13H2,1H3. The Morgan fingerprint density at radius 1 is 1.07 bits per heavy atom. The predicted molar refractivity (Wildman–Crippen MR) is 100 cm³/mol. The van der Waals surface area contributed by atoms with E-state index in [0.29, 0.717) is 6.54 Å². The Labute approximate surface area is 161 Å².